The topological polar surface area (TPSA) is 127 Å². The lowest BCUT2D eigenvalue weighted by Gasteiger charge is -2.40. The van der Waals surface area contributed by atoms with Crippen LogP contribution < -0.4 is 19.5 Å². The van der Waals surface area contributed by atoms with Crippen molar-refractivity contribution in [2.24, 2.45) is 11.8 Å². The van der Waals surface area contributed by atoms with Gasteiger partial charge in [-0.05, 0) is 53.1 Å². The summed E-state index contributed by atoms with van der Waals surface area (Å²) in [6.07, 6.45) is 0. The van der Waals surface area contributed by atoms with Crippen molar-refractivity contribution < 1.29 is 39.1 Å². The second kappa shape index (κ2) is 9.07. The number of carbonyl (C=O) groups excluding carboxylic acids is 1. The number of rotatable bonds is 6. The first kappa shape index (κ1) is 23.5. The average molecular weight is 494 g/mol. The van der Waals surface area contributed by atoms with Gasteiger partial charge in [0.1, 0.15) is 5.75 Å². The summed E-state index contributed by atoms with van der Waals surface area (Å²) in [5.41, 5.74) is 2.70. The third-order valence-corrected chi connectivity index (χ3v) is 7.00. The van der Waals surface area contributed by atoms with Crippen molar-refractivity contribution in [2.45, 2.75) is 12.0 Å². The van der Waals surface area contributed by atoms with Gasteiger partial charge in [-0.1, -0.05) is 6.07 Å². The summed E-state index contributed by atoms with van der Waals surface area (Å²) in [6, 6.07) is 12.8. The largest absolute Gasteiger partial charge is 0.508 e. The third-order valence-electron chi connectivity index (χ3n) is 7.00. The summed E-state index contributed by atoms with van der Waals surface area (Å²) in [5, 5.41) is 34.2. The van der Waals surface area contributed by atoms with Gasteiger partial charge in [-0.3, -0.25) is 4.79 Å². The van der Waals surface area contributed by atoms with E-state index in [1.807, 2.05) is 0 Å². The molecule has 0 radical (unpaired) electrons. The van der Waals surface area contributed by atoms with E-state index in [0.717, 1.165) is 0 Å². The first-order valence-corrected chi connectivity index (χ1v) is 11.4. The fraction of sp³-hybridized carbons (Fsp3) is 0.296. The van der Waals surface area contributed by atoms with Crippen LogP contribution in [0.1, 0.15) is 28.7 Å². The highest BCUT2D eigenvalue weighted by Crippen LogP contribution is 2.55. The predicted molar refractivity (Wildman–Crippen MR) is 130 cm³/mol. The molecule has 0 amide bonds. The molecule has 36 heavy (non-hydrogen) atoms. The maximum absolute atomic E-state index is 13.1. The molecule has 4 atom stereocenters. The van der Waals surface area contributed by atoms with Crippen molar-refractivity contribution in [2.75, 3.05) is 33.3 Å². The van der Waals surface area contributed by atoms with E-state index < -0.39 is 17.9 Å². The van der Waals surface area contributed by atoms with Gasteiger partial charge >= 0.3 is 5.97 Å². The second-order valence-electron chi connectivity index (χ2n) is 8.90. The Labute approximate surface area is 207 Å². The first-order chi connectivity index (χ1) is 17.4. The molecule has 1 saturated heterocycles. The lowest BCUT2D eigenvalue weighted by molar-refractivity contribution is -0.141. The Hall–Kier alpha value is -4.27. The van der Waals surface area contributed by atoms with E-state index in [4.69, 9.17) is 18.9 Å². The zero-order valence-electron chi connectivity index (χ0n) is 20.0. The summed E-state index contributed by atoms with van der Waals surface area (Å²) in [4.78, 5) is 13.1. The van der Waals surface area contributed by atoms with Gasteiger partial charge in [-0.15, -0.1) is 0 Å². The van der Waals surface area contributed by atoms with Crippen molar-refractivity contribution in [1.82, 2.24) is 0 Å². The molecular weight excluding hydrogens is 466 g/mol. The van der Waals surface area contributed by atoms with Crippen LogP contribution >= 0.6 is 0 Å². The Balaban J connectivity index is 1.72. The van der Waals surface area contributed by atoms with Crippen LogP contribution in [0.3, 0.4) is 0 Å². The van der Waals surface area contributed by atoms with Crippen molar-refractivity contribution >= 4 is 11.7 Å². The highest BCUT2D eigenvalue weighted by Gasteiger charge is 2.52. The lowest BCUT2D eigenvalue weighted by atomic mass is 9.65. The normalized spacial score (nSPS) is 22.2. The molecule has 1 aliphatic heterocycles. The van der Waals surface area contributed by atoms with Crippen molar-refractivity contribution in [3.8, 4) is 34.5 Å². The van der Waals surface area contributed by atoms with Crippen LogP contribution in [0.4, 0.5) is 5.69 Å². The van der Waals surface area contributed by atoms with E-state index in [-0.39, 0.29) is 35.7 Å². The molecule has 9 heteroatoms. The van der Waals surface area contributed by atoms with E-state index >= 15 is 0 Å². The van der Waals surface area contributed by atoms with Crippen LogP contribution in [0.5, 0.6) is 34.5 Å². The molecular formula is C27H27NO8. The maximum atomic E-state index is 13.1. The molecule has 1 fully saturated rings. The minimum absolute atomic E-state index is 0.0928. The molecule has 3 aromatic rings. The predicted octanol–water partition coefficient (Wildman–Crippen LogP) is 3.92. The van der Waals surface area contributed by atoms with E-state index in [1.54, 1.807) is 36.4 Å². The van der Waals surface area contributed by atoms with Gasteiger partial charge in [-0.2, -0.15) is 0 Å². The standard InChI is InChI=1S/C27H27NO8/c1-33-21-7-13(8-22(34-2)26(21)35-3)23-16-10-19(30)20(31)11-17(16)25(18-12-36-27(32)24(18)23)28-14-5-4-6-15(29)9-14/h4-11,18,23-25,28-31H,12H2,1-3H3/t18-,23+,24-,25+/m0/s1. The van der Waals surface area contributed by atoms with Crippen molar-refractivity contribution in [3.63, 3.8) is 0 Å². The van der Waals surface area contributed by atoms with E-state index in [2.05, 4.69) is 5.32 Å². The molecule has 5 rings (SSSR count). The van der Waals surface area contributed by atoms with E-state index in [9.17, 15) is 20.1 Å². The molecule has 1 aliphatic carbocycles. The Morgan fingerprint density at radius 2 is 1.56 bits per heavy atom. The van der Waals surface area contributed by atoms with Gasteiger partial charge in [0, 0.05) is 23.6 Å². The first-order valence-electron chi connectivity index (χ1n) is 11.4. The minimum Gasteiger partial charge on any atom is -0.508 e. The van der Waals surface area contributed by atoms with Crippen LogP contribution in [0, 0.1) is 11.8 Å². The fourth-order valence-corrected chi connectivity index (χ4v) is 5.44. The van der Waals surface area contributed by atoms with Crippen LogP contribution in [-0.2, 0) is 9.53 Å². The van der Waals surface area contributed by atoms with Crippen LogP contribution in [0.2, 0.25) is 0 Å². The summed E-state index contributed by atoms with van der Waals surface area (Å²) < 4.78 is 22.1. The fourth-order valence-electron chi connectivity index (χ4n) is 5.44. The number of phenols is 3. The molecule has 0 saturated carbocycles. The maximum Gasteiger partial charge on any atom is 0.310 e. The van der Waals surface area contributed by atoms with E-state index in [1.165, 1.54) is 33.5 Å². The van der Waals surface area contributed by atoms with Gasteiger partial charge in [0.25, 0.3) is 0 Å². The Kier molecular flexibility index (Phi) is 5.91. The van der Waals surface area contributed by atoms with Crippen molar-refractivity contribution in [1.29, 1.82) is 0 Å². The monoisotopic (exact) mass is 493 g/mol. The van der Waals surface area contributed by atoms with Gasteiger partial charge in [0.2, 0.25) is 5.75 Å². The number of esters is 1. The van der Waals surface area contributed by atoms with Gasteiger partial charge in [0.15, 0.2) is 23.0 Å². The zero-order chi connectivity index (χ0) is 25.6. The smallest absolute Gasteiger partial charge is 0.310 e. The Morgan fingerprint density at radius 1 is 0.889 bits per heavy atom. The summed E-state index contributed by atoms with van der Waals surface area (Å²) in [5.74, 6) is -0.992. The lowest BCUT2D eigenvalue weighted by Crippen LogP contribution is -2.37. The van der Waals surface area contributed by atoms with Crippen LogP contribution in [0.25, 0.3) is 0 Å². The minimum atomic E-state index is -0.598. The Morgan fingerprint density at radius 3 is 2.17 bits per heavy atom. The molecule has 2 aliphatic rings. The van der Waals surface area contributed by atoms with Crippen molar-refractivity contribution in [3.05, 3.63) is 65.2 Å². The molecule has 9 nitrogen and oxygen atoms in total. The number of benzene rings is 3. The highest BCUT2D eigenvalue weighted by molar-refractivity contribution is 5.79. The average Bonchev–Trinajstić information content (AvgIpc) is 3.25. The van der Waals surface area contributed by atoms with Gasteiger partial charge < -0.3 is 39.6 Å². The Bertz CT molecular complexity index is 1300. The van der Waals surface area contributed by atoms with Crippen LogP contribution in [0.15, 0.2) is 48.5 Å². The summed E-state index contributed by atoms with van der Waals surface area (Å²) in [6.45, 7) is 0.169. The van der Waals surface area contributed by atoms with Crippen LogP contribution in [-0.4, -0.2) is 49.2 Å². The number of nitrogens with one attached hydrogen (secondary N) is 1. The molecule has 0 aromatic heterocycles. The second-order valence-corrected chi connectivity index (χ2v) is 8.90. The zero-order valence-corrected chi connectivity index (χ0v) is 20.0. The molecule has 188 valence electrons. The number of aromatic hydroxyl groups is 3. The number of hydrogen-bond donors (Lipinski definition) is 4. The van der Waals surface area contributed by atoms with Gasteiger partial charge in [-0.25, -0.2) is 0 Å². The number of carbonyl (C=O) groups is 1. The number of fused-ring (bicyclic) bond motifs is 2. The SMILES string of the molecule is COc1cc([C@@H]2c3cc(O)c(O)cc3[C@@H](Nc3cccc(O)c3)[C@H]3COC(=O)[C@H]23)cc(OC)c1OC. The summed E-state index contributed by atoms with van der Waals surface area (Å²) >= 11 is 0. The quantitative estimate of drug-likeness (QED) is 0.298. The number of phenolic OH excluding ortho intramolecular Hbond substituents is 3. The number of methoxy groups -OCH3 is 3. The molecule has 3 aromatic carbocycles. The number of anilines is 1. The molecule has 0 unspecified atom stereocenters. The van der Waals surface area contributed by atoms with Gasteiger partial charge in [0.05, 0.1) is 39.9 Å². The molecule has 0 spiro atoms. The number of ether oxygens (including phenoxy) is 4. The third kappa shape index (κ3) is 3.77. The number of hydrogen-bond acceptors (Lipinski definition) is 9. The number of cyclic esters (lactones) is 1. The highest BCUT2D eigenvalue weighted by atomic mass is 16.5. The molecule has 0 bridgehead atoms. The molecule has 1 heterocycles. The molecule has 4 N–H and O–H groups in total. The summed E-state index contributed by atoms with van der Waals surface area (Å²) in [7, 11) is 4.54. The van der Waals surface area contributed by atoms with E-state index in [0.29, 0.717) is 39.6 Å².